The van der Waals surface area contributed by atoms with E-state index in [1.165, 1.54) is 7.11 Å². The van der Waals surface area contributed by atoms with Crippen LogP contribution in [0.3, 0.4) is 0 Å². The molecular weight excluding hydrogens is 232 g/mol. The third kappa shape index (κ3) is 4.64. The number of piperidine rings is 1. The fraction of sp³-hybridized carbons (Fsp3) is 0.846. The molecule has 1 fully saturated rings. The van der Waals surface area contributed by atoms with Gasteiger partial charge in [-0.2, -0.15) is 0 Å². The summed E-state index contributed by atoms with van der Waals surface area (Å²) in [6.45, 7) is 4.90. The van der Waals surface area contributed by atoms with E-state index in [1.54, 1.807) is 0 Å². The molecule has 1 saturated heterocycles. The fourth-order valence-corrected chi connectivity index (χ4v) is 2.18. The van der Waals surface area contributed by atoms with Crippen LogP contribution in [0.25, 0.3) is 0 Å². The van der Waals surface area contributed by atoms with Gasteiger partial charge in [-0.3, -0.25) is 4.79 Å². The van der Waals surface area contributed by atoms with E-state index in [1.807, 2.05) is 13.8 Å². The highest BCUT2D eigenvalue weighted by Gasteiger charge is 2.27. The Morgan fingerprint density at radius 2 is 2.11 bits per heavy atom. The van der Waals surface area contributed by atoms with Crippen LogP contribution in [0.4, 0.5) is 0 Å². The van der Waals surface area contributed by atoms with Crippen LogP contribution < -0.4 is 10.6 Å². The van der Waals surface area contributed by atoms with E-state index in [0.29, 0.717) is 12.3 Å². The lowest BCUT2D eigenvalue weighted by Gasteiger charge is -2.25. The van der Waals surface area contributed by atoms with Crippen molar-refractivity contribution >= 4 is 11.9 Å². The zero-order valence-electron chi connectivity index (χ0n) is 11.5. The minimum absolute atomic E-state index is 0.0919. The Hall–Kier alpha value is -1.10. The average molecular weight is 256 g/mol. The summed E-state index contributed by atoms with van der Waals surface area (Å²) in [7, 11) is 1.35. The first-order chi connectivity index (χ1) is 8.54. The van der Waals surface area contributed by atoms with Crippen molar-refractivity contribution in [3.8, 4) is 0 Å². The monoisotopic (exact) mass is 256 g/mol. The standard InChI is InChI=1S/C13H24N2O3/c1-9(2)8-11(13(17)18-3)15-12(16)10-6-4-5-7-14-10/h9-11,14H,4-8H2,1-3H3,(H,15,16)/t10-,11+/m1/s1. The molecule has 0 bridgehead atoms. The highest BCUT2D eigenvalue weighted by molar-refractivity contribution is 5.87. The second-order valence-electron chi connectivity index (χ2n) is 5.22. The van der Waals surface area contributed by atoms with Gasteiger partial charge in [-0.25, -0.2) is 4.79 Å². The molecule has 5 heteroatoms. The molecule has 0 saturated carbocycles. The quantitative estimate of drug-likeness (QED) is 0.715. The summed E-state index contributed by atoms with van der Waals surface area (Å²) >= 11 is 0. The van der Waals surface area contributed by atoms with Crippen LogP contribution in [-0.2, 0) is 14.3 Å². The molecule has 0 unspecified atom stereocenters. The molecular formula is C13H24N2O3. The lowest BCUT2D eigenvalue weighted by molar-refractivity contribution is -0.145. The Kier molecular flexibility index (Phi) is 6.12. The number of hydrogen-bond acceptors (Lipinski definition) is 4. The lowest BCUT2D eigenvalue weighted by Crippen LogP contribution is -2.52. The summed E-state index contributed by atoms with van der Waals surface area (Å²) < 4.78 is 4.73. The number of nitrogens with one attached hydrogen (secondary N) is 2. The van der Waals surface area contributed by atoms with E-state index in [0.717, 1.165) is 25.8 Å². The third-order valence-corrected chi connectivity index (χ3v) is 3.14. The summed E-state index contributed by atoms with van der Waals surface area (Å²) in [6.07, 6.45) is 3.60. The molecule has 5 nitrogen and oxygen atoms in total. The van der Waals surface area contributed by atoms with Crippen LogP contribution >= 0.6 is 0 Å². The zero-order chi connectivity index (χ0) is 13.5. The molecule has 1 aliphatic heterocycles. The molecule has 1 heterocycles. The van der Waals surface area contributed by atoms with Gasteiger partial charge in [0.15, 0.2) is 0 Å². The highest BCUT2D eigenvalue weighted by atomic mass is 16.5. The van der Waals surface area contributed by atoms with Gasteiger partial charge in [0, 0.05) is 0 Å². The van der Waals surface area contributed by atoms with Crippen molar-refractivity contribution in [3.63, 3.8) is 0 Å². The first-order valence-electron chi connectivity index (χ1n) is 6.66. The summed E-state index contributed by atoms with van der Waals surface area (Å²) in [4.78, 5) is 23.6. The first-order valence-corrected chi connectivity index (χ1v) is 6.66. The third-order valence-electron chi connectivity index (χ3n) is 3.14. The normalized spacial score (nSPS) is 21.4. The van der Waals surface area contributed by atoms with Crippen LogP contribution in [0.15, 0.2) is 0 Å². The molecule has 2 N–H and O–H groups in total. The molecule has 1 aliphatic rings. The van der Waals surface area contributed by atoms with E-state index >= 15 is 0 Å². The molecule has 18 heavy (non-hydrogen) atoms. The molecule has 1 amide bonds. The minimum Gasteiger partial charge on any atom is -0.467 e. The number of methoxy groups -OCH3 is 1. The lowest BCUT2D eigenvalue weighted by atomic mass is 10.0. The second kappa shape index (κ2) is 7.36. The highest BCUT2D eigenvalue weighted by Crippen LogP contribution is 2.10. The maximum absolute atomic E-state index is 12.0. The molecule has 0 aromatic heterocycles. The summed E-state index contributed by atoms with van der Waals surface area (Å²) in [5, 5.41) is 5.96. The van der Waals surface area contributed by atoms with Gasteiger partial charge in [0.05, 0.1) is 13.2 Å². The van der Waals surface area contributed by atoms with Gasteiger partial charge in [-0.1, -0.05) is 20.3 Å². The second-order valence-corrected chi connectivity index (χ2v) is 5.22. The number of rotatable bonds is 5. The van der Waals surface area contributed by atoms with E-state index in [2.05, 4.69) is 10.6 Å². The van der Waals surface area contributed by atoms with Crippen LogP contribution in [0.5, 0.6) is 0 Å². The van der Waals surface area contributed by atoms with Crippen LogP contribution in [0, 0.1) is 5.92 Å². The van der Waals surface area contributed by atoms with Gasteiger partial charge < -0.3 is 15.4 Å². The smallest absolute Gasteiger partial charge is 0.328 e. The summed E-state index contributed by atoms with van der Waals surface area (Å²) in [5.74, 6) is -0.132. The van der Waals surface area contributed by atoms with Crippen LogP contribution in [-0.4, -0.2) is 37.6 Å². The Morgan fingerprint density at radius 1 is 1.39 bits per heavy atom. The number of carbonyl (C=O) groups is 2. The molecule has 2 atom stereocenters. The van der Waals surface area contributed by atoms with E-state index in [4.69, 9.17) is 4.74 Å². The largest absolute Gasteiger partial charge is 0.467 e. The Morgan fingerprint density at radius 3 is 2.61 bits per heavy atom. The molecule has 104 valence electrons. The number of amides is 1. The molecule has 0 aromatic carbocycles. The number of hydrogen-bond donors (Lipinski definition) is 2. The maximum atomic E-state index is 12.0. The minimum atomic E-state index is -0.536. The molecule has 1 rings (SSSR count). The predicted molar refractivity (Wildman–Crippen MR) is 69.0 cm³/mol. The van der Waals surface area contributed by atoms with Crippen molar-refractivity contribution in [1.29, 1.82) is 0 Å². The molecule has 0 spiro atoms. The number of ether oxygens (including phenoxy) is 1. The number of esters is 1. The van der Waals surface area contributed by atoms with Crippen molar-refractivity contribution in [2.75, 3.05) is 13.7 Å². The van der Waals surface area contributed by atoms with Crippen LogP contribution in [0.2, 0.25) is 0 Å². The number of carbonyl (C=O) groups excluding carboxylic acids is 2. The van der Waals surface area contributed by atoms with Gasteiger partial charge in [0.1, 0.15) is 6.04 Å². The Labute approximate surface area is 109 Å². The first kappa shape index (κ1) is 15.0. The Bertz CT molecular complexity index is 286. The van der Waals surface area contributed by atoms with Gasteiger partial charge >= 0.3 is 5.97 Å². The van der Waals surface area contributed by atoms with E-state index in [9.17, 15) is 9.59 Å². The SMILES string of the molecule is COC(=O)[C@H](CC(C)C)NC(=O)[C@H]1CCCCN1. The van der Waals surface area contributed by atoms with E-state index in [-0.39, 0.29) is 17.9 Å². The van der Waals surface area contributed by atoms with Crippen LogP contribution in [0.1, 0.15) is 39.5 Å². The van der Waals surface area contributed by atoms with Gasteiger partial charge in [-0.15, -0.1) is 0 Å². The molecule has 0 aromatic rings. The fourth-order valence-electron chi connectivity index (χ4n) is 2.18. The van der Waals surface area contributed by atoms with Crippen molar-refractivity contribution in [3.05, 3.63) is 0 Å². The average Bonchev–Trinajstić information content (AvgIpc) is 2.37. The van der Waals surface area contributed by atoms with Crippen molar-refractivity contribution in [2.24, 2.45) is 5.92 Å². The zero-order valence-corrected chi connectivity index (χ0v) is 11.5. The molecule has 0 radical (unpaired) electrons. The Balaban J connectivity index is 2.52. The predicted octanol–water partition coefficient (Wildman–Crippen LogP) is 0.832. The van der Waals surface area contributed by atoms with Gasteiger partial charge in [-0.05, 0) is 31.7 Å². The van der Waals surface area contributed by atoms with E-state index < -0.39 is 6.04 Å². The van der Waals surface area contributed by atoms with Gasteiger partial charge in [0.2, 0.25) is 5.91 Å². The van der Waals surface area contributed by atoms with Gasteiger partial charge in [0.25, 0.3) is 0 Å². The topological polar surface area (TPSA) is 67.4 Å². The maximum Gasteiger partial charge on any atom is 0.328 e. The van der Waals surface area contributed by atoms with Crippen molar-refractivity contribution < 1.29 is 14.3 Å². The molecule has 0 aliphatic carbocycles. The van der Waals surface area contributed by atoms with Crippen molar-refractivity contribution in [1.82, 2.24) is 10.6 Å². The van der Waals surface area contributed by atoms with Crippen molar-refractivity contribution in [2.45, 2.75) is 51.6 Å². The summed E-state index contributed by atoms with van der Waals surface area (Å²) in [6, 6.07) is -0.704. The summed E-state index contributed by atoms with van der Waals surface area (Å²) in [5.41, 5.74) is 0.